The van der Waals surface area contributed by atoms with Crippen molar-refractivity contribution in [1.82, 2.24) is 4.98 Å². The Balaban J connectivity index is 1.83. The second-order valence-electron chi connectivity index (χ2n) is 5.33. The molecule has 0 saturated heterocycles. The van der Waals surface area contributed by atoms with Crippen molar-refractivity contribution in [2.24, 2.45) is 5.92 Å². The Kier molecular flexibility index (Phi) is 3.04. The molecule has 1 unspecified atom stereocenters. The Morgan fingerprint density at radius 3 is 2.71 bits per heavy atom. The minimum absolute atomic E-state index is 0.378. The summed E-state index contributed by atoms with van der Waals surface area (Å²) in [5.74, 6) is -4.29. The van der Waals surface area contributed by atoms with Crippen molar-refractivity contribution < 1.29 is 18.0 Å². The van der Waals surface area contributed by atoms with E-state index in [0.717, 1.165) is 16.8 Å². The van der Waals surface area contributed by atoms with Crippen LogP contribution in [0.3, 0.4) is 0 Å². The van der Waals surface area contributed by atoms with E-state index in [1.807, 2.05) is 13.8 Å². The number of alkyl halides is 2. The van der Waals surface area contributed by atoms with Crippen LogP contribution in [0.2, 0.25) is 0 Å². The van der Waals surface area contributed by atoms with E-state index in [4.69, 9.17) is 4.42 Å². The van der Waals surface area contributed by atoms with Gasteiger partial charge in [0.05, 0.1) is 5.69 Å². The van der Waals surface area contributed by atoms with Crippen LogP contribution in [0, 0.1) is 19.8 Å². The third kappa shape index (κ3) is 2.66. The molecular weight excluding hydrogens is 278 g/mol. The highest BCUT2D eigenvalue weighted by molar-refractivity contribution is 5.95. The summed E-state index contributed by atoms with van der Waals surface area (Å²) < 4.78 is 31.1. The van der Waals surface area contributed by atoms with Gasteiger partial charge in [0.15, 0.2) is 0 Å². The summed E-state index contributed by atoms with van der Waals surface area (Å²) in [5, 5.41) is 2.52. The Labute approximate surface area is 120 Å². The number of oxazole rings is 1. The lowest BCUT2D eigenvalue weighted by Crippen LogP contribution is -2.17. The van der Waals surface area contributed by atoms with Crippen LogP contribution in [-0.4, -0.2) is 16.8 Å². The summed E-state index contributed by atoms with van der Waals surface area (Å²) in [4.78, 5) is 15.9. The van der Waals surface area contributed by atoms with E-state index < -0.39 is 17.7 Å². The fraction of sp³-hybridized carbons (Fsp3) is 0.333. The molecular formula is C15H14F2N2O2. The molecule has 1 aromatic carbocycles. The number of hydrogen-bond donors (Lipinski definition) is 1. The number of nitrogens with zero attached hydrogens (tertiary/aromatic N) is 1. The standard InChI is InChI=1S/C15H14F2N2O2/c1-8-3-4-10(19-13(20)12-6-15(12,16)17)5-11(8)14-18-9(2)7-21-14/h3-5,7,12H,6H2,1-2H3,(H,19,20). The van der Waals surface area contributed by atoms with Crippen molar-refractivity contribution in [2.75, 3.05) is 5.32 Å². The highest BCUT2D eigenvalue weighted by Gasteiger charge is 2.61. The number of nitrogens with one attached hydrogen (secondary N) is 1. The Hall–Kier alpha value is -2.24. The molecule has 0 spiro atoms. The van der Waals surface area contributed by atoms with Crippen LogP contribution in [0.15, 0.2) is 28.9 Å². The maximum absolute atomic E-state index is 12.9. The normalized spacial score (nSPS) is 19.3. The van der Waals surface area contributed by atoms with Gasteiger partial charge in [-0.3, -0.25) is 4.79 Å². The van der Waals surface area contributed by atoms with Crippen molar-refractivity contribution in [3.8, 4) is 11.5 Å². The van der Waals surface area contributed by atoms with Gasteiger partial charge in [-0.1, -0.05) is 6.07 Å². The van der Waals surface area contributed by atoms with Gasteiger partial charge in [-0.15, -0.1) is 0 Å². The Bertz CT molecular complexity index is 709. The molecule has 1 aliphatic carbocycles. The highest BCUT2D eigenvalue weighted by Crippen LogP contribution is 2.49. The van der Waals surface area contributed by atoms with Gasteiger partial charge in [0, 0.05) is 17.7 Å². The average Bonchev–Trinajstić information content (AvgIpc) is 2.85. The van der Waals surface area contributed by atoms with Crippen molar-refractivity contribution in [3.63, 3.8) is 0 Å². The molecule has 6 heteroatoms. The van der Waals surface area contributed by atoms with Crippen LogP contribution in [-0.2, 0) is 4.79 Å². The van der Waals surface area contributed by atoms with Gasteiger partial charge >= 0.3 is 0 Å². The first-order valence-corrected chi connectivity index (χ1v) is 6.58. The van der Waals surface area contributed by atoms with Crippen molar-refractivity contribution in [3.05, 3.63) is 35.7 Å². The van der Waals surface area contributed by atoms with Crippen molar-refractivity contribution in [1.29, 1.82) is 0 Å². The lowest BCUT2D eigenvalue weighted by molar-refractivity contribution is -0.119. The molecule has 0 radical (unpaired) electrons. The number of aryl methyl sites for hydroxylation is 2. The zero-order chi connectivity index (χ0) is 15.2. The average molecular weight is 292 g/mol. The van der Waals surface area contributed by atoms with E-state index in [-0.39, 0.29) is 6.42 Å². The summed E-state index contributed by atoms with van der Waals surface area (Å²) in [7, 11) is 0. The van der Waals surface area contributed by atoms with E-state index in [1.165, 1.54) is 6.26 Å². The number of aromatic nitrogens is 1. The van der Waals surface area contributed by atoms with Crippen LogP contribution in [0.25, 0.3) is 11.5 Å². The lowest BCUT2D eigenvalue weighted by Gasteiger charge is -2.08. The zero-order valence-electron chi connectivity index (χ0n) is 11.6. The van der Waals surface area contributed by atoms with Gasteiger partial charge in [-0.25, -0.2) is 13.8 Å². The molecule has 1 fully saturated rings. The van der Waals surface area contributed by atoms with Gasteiger partial charge in [0.1, 0.15) is 12.2 Å². The first kappa shape index (κ1) is 13.7. The molecule has 3 rings (SSSR count). The molecule has 1 heterocycles. The third-order valence-electron chi connectivity index (χ3n) is 3.50. The summed E-state index contributed by atoms with van der Waals surface area (Å²) in [6.45, 7) is 3.69. The van der Waals surface area contributed by atoms with Crippen molar-refractivity contribution in [2.45, 2.75) is 26.2 Å². The molecule has 1 amide bonds. The molecule has 1 saturated carbocycles. The fourth-order valence-electron chi connectivity index (χ4n) is 2.13. The minimum atomic E-state index is -2.86. The Morgan fingerprint density at radius 1 is 1.43 bits per heavy atom. The summed E-state index contributed by atoms with van der Waals surface area (Å²) in [5.41, 5.74) is 2.85. The van der Waals surface area contributed by atoms with E-state index in [9.17, 15) is 13.6 Å². The maximum atomic E-state index is 12.9. The quantitative estimate of drug-likeness (QED) is 0.941. The molecule has 21 heavy (non-hydrogen) atoms. The number of amides is 1. The molecule has 110 valence electrons. The number of halogens is 2. The van der Waals surface area contributed by atoms with Gasteiger partial charge in [-0.2, -0.15) is 0 Å². The number of carbonyl (C=O) groups is 1. The SMILES string of the molecule is Cc1coc(-c2cc(NC(=O)C3CC3(F)F)ccc2C)n1. The van der Waals surface area contributed by atoms with Crippen LogP contribution in [0.5, 0.6) is 0 Å². The van der Waals surface area contributed by atoms with Gasteiger partial charge < -0.3 is 9.73 Å². The first-order chi connectivity index (χ1) is 9.87. The lowest BCUT2D eigenvalue weighted by atomic mass is 10.1. The Morgan fingerprint density at radius 2 is 2.14 bits per heavy atom. The second kappa shape index (κ2) is 4.65. The fourth-order valence-corrected chi connectivity index (χ4v) is 2.13. The smallest absolute Gasteiger partial charge is 0.260 e. The third-order valence-corrected chi connectivity index (χ3v) is 3.50. The van der Waals surface area contributed by atoms with E-state index in [0.29, 0.717) is 11.6 Å². The topological polar surface area (TPSA) is 55.1 Å². The molecule has 1 atom stereocenters. The predicted molar refractivity (Wildman–Crippen MR) is 73.1 cm³/mol. The second-order valence-corrected chi connectivity index (χ2v) is 5.33. The number of carbonyl (C=O) groups excluding carboxylic acids is 1. The number of hydrogen-bond acceptors (Lipinski definition) is 3. The summed E-state index contributed by atoms with van der Waals surface area (Å²) >= 11 is 0. The number of benzene rings is 1. The minimum Gasteiger partial charge on any atom is -0.444 e. The molecule has 2 aromatic rings. The molecule has 1 N–H and O–H groups in total. The van der Waals surface area contributed by atoms with E-state index in [1.54, 1.807) is 18.2 Å². The molecule has 0 bridgehead atoms. The van der Waals surface area contributed by atoms with Crippen LogP contribution in [0.4, 0.5) is 14.5 Å². The van der Waals surface area contributed by atoms with Crippen molar-refractivity contribution >= 4 is 11.6 Å². The first-order valence-electron chi connectivity index (χ1n) is 6.58. The summed E-state index contributed by atoms with van der Waals surface area (Å²) in [6, 6.07) is 5.14. The molecule has 1 aromatic heterocycles. The number of rotatable bonds is 3. The monoisotopic (exact) mass is 292 g/mol. The largest absolute Gasteiger partial charge is 0.444 e. The van der Waals surface area contributed by atoms with Gasteiger partial charge in [0.25, 0.3) is 5.92 Å². The molecule has 4 nitrogen and oxygen atoms in total. The van der Waals surface area contributed by atoms with Gasteiger partial charge in [-0.05, 0) is 31.5 Å². The van der Waals surface area contributed by atoms with E-state index in [2.05, 4.69) is 10.3 Å². The van der Waals surface area contributed by atoms with Crippen LogP contribution >= 0.6 is 0 Å². The van der Waals surface area contributed by atoms with Crippen LogP contribution < -0.4 is 5.32 Å². The van der Waals surface area contributed by atoms with E-state index >= 15 is 0 Å². The zero-order valence-corrected chi connectivity index (χ0v) is 11.6. The molecule has 1 aliphatic rings. The maximum Gasteiger partial charge on any atom is 0.260 e. The molecule has 0 aliphatic heterocycles. The highest BCUT2D eigenvalue weighted by atomic mass is 19.3. The predicted octanol–water partition coefficient (Wildman–Crippen LogP) is 3.55. The van der Waals surface area contributed by atoms with Crippen LogP contribution in [0.1, 0.15) is 17.7 Å². The summed E-state index contributed by atoms with van der Waals surface area (Å²) in [6.07, 6.45) is 1.15. The number of anilines is 1. The van der Waals surface area contributed by atoms with Gasteiger partial charge in [0.2, 0.25) is 11.8 Å².